The molecular formula is C15H13Cl2FN2O. The van der Waals surface area contributed by atoms with Gasteiger partial charge in [0.2, 0.25) is 0 Å². The van der Waals surface area contributed by atoms with Crippen molar-refractivity contribution < 1.29 is 9.18 Å². The first-order valence-corrected chi connectivity index (χ1v) is 7.04. The van der Waals surface area contributed by atoms with E-state index in [9.17, 15) is 9.18 Å². The Morgan fingerprint density at radius 1 is 1.29 bits per heavy atom. The second-order valence-electron chi connectivity index (χ2n) is 4.54. The monoisotopic (exact) mass is 326 g/mol. The molecule has 3 nitrogen and oxygen atoms in total. The molecule has 0 saturated heterocycles. The van der Waals surface area contributed by atoms with Crippen LogP contribution in [-0.4, -0.2) is 29.4 Å². The predicted octanol–water partition coefficient (Wildman–Crippen LogP) is 3.84. The third-order valence-corrected chi connectivity index (χ3v) is 3.62. The van der Waals surface area contributed by atoms with Gasteiger partial charge in [-0.05, 0) is 24.3 Å². The van der Waals surface area contributed by atoms with E-state index < -0.39 is 5.82 Å². The number of pyridine rings is 1. The molecule has 0 spiro atoms. The molecule has 1 aromatic heterocycles. The molecule has 0 aliphatic carbocycles. The number of hydrogen-bond donors (Lipinski definition) is 0. The first-order chi connectivity index (χ1) is 9.99. The van der Waals surface area contributed by atoms with Gasteiger partial charge >= 0.3 is 0 Å². The van der Waals surface area contributed by atoms with E-state index in [1.54, 1.807) is 13.2 Å². The van der Waals surface area contributed by atoms with Gasteiger partial charge in [-0.25, -0.2) is 4.39 Å². The lowest BCUT2D eigenvalue weighted by molar-refractivity contribution is 0.0796. The van der Waals surface area contributed by atoms with Crippen LogP contribution in [0.15, 0.2) is 36.5 Å². The summed E-state index contributed by atoms with van der Waals surface area (Å²) in [6.45, 7) is 0.455. The van der Waals surface area contributed by atoms with Crippen LogP contribution in [0.3, 0.4) is 0 Å². The number of nitrogens with zero attached hydrogens (tertiary/aromatic N) is 2. The smallest absolute Gasteiger partial charge is 0.255 e. The first-order valence-electron chi connectivity index (χ1n) is 6.29. The summed E-state index contributed by atoms with van der Waals surface area (Å²) in [5.74, 6) is -1.02. The Morgan fingerprint density at radius 3 is 2.71 bits per heavy atom. The molecular weight excluding hydrogens is 314 g/mol. The quantitative estimate of drug-likeness (QED) is 0.800. The minimum absolute atomic E-state index is 0.0992. The largest absolute Gasteiger partial charge is 0.341 e. The van der Waals surface area contributed by atoms with Crippen molar-refractivity contribution in [3.05, 3.63) is 63.6 Å². The standard InChI is InChI=1S/C15H13Cl2FN2O/c1-20(7-5-10-4-2-3-6-19-10)15(21)11-8-14(18)13(17)9-12(11)16/h2-4,6,8-9H,5,7H2,1H3. The van der Waals surface area contributed by atoms with Crippen molar-refractivity contribution >= 4 is 29.1 Å². The minimum atomic E-state index is -0.664. The molecule has 0 N–H and O–H groups in total. The Morgan fingerprint density at radius 2 is 2.05 bits per heavy atom. The van der Waals surface area contributed by atoms with Gasteiger partial charge in [-0.15, -0.1) is 0 Å². The maximum absolute atomic E-state index is 13.5. The lowest BCUT2D eigenvalue weighted by Gasteiger charge is -2.18. The number of aromatic nitrogens is 1. The zero-order chi connectivity index (χ0) is 15.4. The van der Waals surface area contributed by atoms with Crippen molar-refractivity contribution in [2.24, 2.45) is 0 Å². The fraction of sp³-hybridized carbons (Fsp3) is 0.200. The summed E-state index contributed by atoms with van der Waals surface area (Å²) < 4.78 is 13.5. The summed E-state index contributed by atoms with van der Waals surface area (Å²) in [7, 11) is 1.63. The molecule has 1 aromatic carbocycles. The molecule has 0 fully saturated rings. The van der Waals surface area contributed by atoms with Crippen LogP contribution in [0.5, 0.6) is 0 Å². The summed E-state index contributed by atoms with van der Waals surface area (Å²) in [4.78, 5) is 17.9. The predicted molar refractivity (Wildman–Crippen MR) is 81.3 cm³/mol. The Hall–Kier alpha value is -1.65. The first kappa shape index (κ1) is 15.7. The van der Waals surface area contributed by atoms with E-state index in [4.69, 9.17) is 23.2 Å². The highest BCUT2D eigenvalue weighted by Crippen LogP contribution is 2.25. The molecule has 21 heavy (non-hydrogen) atoms. The second-order valence-corrected chi connectivity index (χ2v) is 5.36. The summed E-state index contributed by atoms with van der Waals surface area (Å²) in [5.41, 5.74) is 0.979. The van der Waals surface area contributed by atoms with Crippen molar-refractivity contribution in [2.75, 3.05) is 13.6 Å². The summed E-state index contributed by atoms with van der Waals surface area (Å²) in [6.07, 6.45) is 2.30. The molecule has 0 bridgehead atoms. The van der Waals surface area contributed by atoms with E-state index in [2.05, 4.69) is 4.98 Å². The van der Waals surface area contributed by atoms with Crippen LogP contribution >= 0.6 is 23.2 Å². The average Bonchev–Trinajstić information content (AvgIpc) is 2.49. The third kappa shape index (κ3) is 3.93. The van der Waals surface area contributed by atoms with E-state index in [0.29, 0.717) is 13.0 Å². The van der Waals surface area contributed by atoms with Gasteiger partial charge in [-0.3, -0.25) is 9.78 Å². The maximum atomic E-state index is 13.5. The number of halogens is 3. The zero-order valence-corrected chi connectivity index (χ0v) is 12.8. The van der Waals surface area contributed by atoms with Crippen LogP contribution in [0, 0.1) is 5.82 Å². The van der Waals surface area contributed by atoms with Crippen molar-refractivity contribution in [3.8, 4) is 0 Å². The topological polar surface area (TPSA) is 33.2 Å². The molecule has 0 radical (unpaired) electrons. The van der Waals surface area contributed by atoms with Crippen LogP contribution in [0.2, 0.25) is 10.0 Å². The summed E-state index contributed by atoms with van der Waals surface area (Å²) in [6, 6.07) is 7.89. The average molecular weight is 327 g/mol. The van der Waals surface area contributed by atoms with Gasteiger partial charge in [0.05, 0.1) is 15.6 Å². The molecule has 0 saturated carbocycles. The molecule has 6 heteroatoms. The Kier molecular flexibility index (Phi) is 5.15. The lowest BCUT2D eigenvalue weighted by atomic mass is 10.2. The second kappa shape index (κ2) is 6.87. The summed E-state index contributed by atoms with van der Waals surface area (Å²) >= 11 is 11.6. The van der Waals surface area contributed by atoms with Crippen LogP contribution < -0.4 is 0 Å². The normalized spacial score (nSPS) is 10.5. The minimum Gasteiger partial charge on any atom is -0.341 e. The molecule has 0 aliphatic heterocycles. The molecule has 2 rings (SSSR count). The summed E-state index contributed by atoms with van der Waals surface area (Å²) in [5, 5.41) is 0.0313. The Bertz CT molecular complexity index is 650. The highest BCUT2D eigenvalue weighted by molar-refractivity contribution is 6.36. The molecule has 0 aliphatic rings. The fourth-order valence-electron chi connectivity index (χ4n) is 1.82. The molecule has 2 aromatic rings. The van der Waals surface area contributed by atoms with E-state index in [0.717, 1.165) is 11.8 Å². The Balaban J connectivity index is 2.07. The lowest BCUT2D eigenvalue weighted by Crippen LogP contribution is -2.29. The van der Waals surface area contributed by atoms with Crippen LogP contribution in [-0.2, 0) is 6.42 Å². The van der Waals surface area contributed by atoms with Gasteiger partial charge in [0, 0.05) is 31.9 Å². The van der Waals surface area contributed by atoms with Crippen LogP contribution in [0.4, 0.5) is 4.39 Å². The number of likely N-dealkylation sites (N-methyl/N-ethyl adjacent to an activating group) is 1. The van der Waals surface area contributed by atoms with Gasteiger partial charge in [-0.2, -0.15) is 0 Å². The van der Waals surface area contributed by atoms with E-state index in [1.807, 2.05) is 18.2 Å². The van der Waals surface area contributed by atoms with E-state index in [1.165, 1.54) is 11.0 Å². The SMILES string of the molecule is CN(CCc1ccccn1)C(=O)c1cc(F)c(Cl)cc1Cl. The van der Waals surface area contributed by atoms with Crippen molar-refractivity contribution in [1.82, 2.24) is 9.88 Å². The number of hydrogen-bond acceptors (Lipinski definition) is 2. The highest BCUT2D eigenvalue weighted by Gasteiger charge is 2.17. The maximum Gasteiger partial charge on any atom is 0.255 e. The highest BCUT2D eigenvalue weighted by atomic mass is 35.5. The van der Waals surface area contributed by atoms with Gasteiger partial charge < -0.3 is 4.90 Å². The Labute approximate surface area is 132 Å². The molecule has 110 valence electrons. The number of benzene rings is 1. The fourth-order valence-corrected chi connectivity index (χ4v) is 2.29. The van der Waals surface area contributed by atoms with Crippen LogP contribution in [0.1, 0.15) is 16.1 Å². The molecule has 0 atom stereocenters. The number of amides is 1. The third-order valence-electron chi connectivity index (χ3n) is 3.02. The number of carbonyl (C=O) groups is 1. The number of rotatable bonds is 4. The van der Waals surface area contributed by atoms with E-state index >= 15 is 0 Å². The van der Waals surface area contributed by atoms with Gasteiger partial charge in [0.25, 0.3) is 5.91 Å². The zero-order valence-electron chi connectivity index (χ0n) is 11.3. The van der Waals surface area contributed by atoms with E-state index in [-0.39, 0.29) is 21.5 Å². The van der Waals surface area contributed by atoms with Crippen molar-refractivity contribution in [3.63, 3.8) is 0 Å². The molecule has 1 heterocycles. The van der Waals surface area contributed by atoms with Gasteiger partial charge in [0.15, 0.2) is 0 Å². The molecule has 0 unspecified atom stereocenters. The van der Waals surface area contributed by atoms with Gasteiger partial charge in [-0.1, -0.05) is 29.3 Å². The van der Waals surface area contributed by atoms with Crippen molar-refractivity contribution in [2.45, 2.75) is 6.42 Å². The van der Waals surface area contributed by atoms with Gasteiger partial charge in [0.1, 0.15) is 5.82 Å². The van der Waals surface area contributed by atoms with Crippen molar-refractivity contribution in [1.29, 1.82) is 0 Å². The van der Waals surface area contributed by atoms with Crippen LogP contribution in [0.25, 0.3) is 0 Å². The number of carbonyl (C=O) groups excluding carboxylic acids is 1. The molecule has 1 amide bonds.